The monoisotopic (exact) mass is 352 g/mol. The Kier molecular flexibility index (Phi) is 4.62. The Bertz CT molecular complexity index is 758. The van der Waals surface area contributed by atoms with Gasteiger partial charge in [0.2, 0.25) is 5.91 Å². The number of piperidine rings is 1. The highest BCUT2D eigenvalue weighted by Gasteiger charge is 2.45. The minimum Gasteiger partial charge on any atom is -0.472 e. The van der Waals surface area contributed by atoms with Crippen molar-refractivity contribution >= 4 is 5.91 Å². The first-order valence-electron chi connectivity index (χ1n) is 9.60. The number of carbonyl (C=O) groups excluding carboxylic acids is 1. The highest BCUT2D eigenvalue weighted by Crippen LogP contribution is 2.52. The fourth-order valence-corrected chi connectivity index (χ4v) is 4.86. The van der Waals surface area contributed by atoms with Crippen LogP contribution in [0.5, 0.6) is 0 Å². The average Bonchev–Trinajstić information content (AvgIpc) is 3.25. The molecule has 0 radical (unpaired) electrons. The number of carbonyl (C=O) groups is 1. The number of furan rings is 1. The van der Waals surface area contributed by atoms with Gasteiger partial charge >= 0.3 is 0 Å². The number of amides is 1. The van der Waals surface area contributed by atoms with Crippen LogP contribution in [0.2, 0.25) is 0 Å². The standard InChI is InChI=1S/C22H28N2O2/c1-23(2)21(25)13-18-14-22(20-6-4-3-5-19(18)20)8-10-24(11-9-22)15-17-7-12-26-16-17/h3-7,12,16,18H,8-11,13-15H2,1-2H3. The molecule has 4 nitrogen and oxygen atoms in total. The molecule has 4 rings (SSSR count). The van der Waals surface area contributed by atoms with E-state index >= 15 is 0 Å². The molecule has 0 N–H and O–H groups in total. The molecular formula is C22H28N2O2. The lowest BCUT2D eigenvalue weighted by Gasteiger charge is -2.40. The maximum absolute atomic E-state index is 12.3. The van der Waals surface area contributed by atoms with Crippen LogP contribution in [0, 0.1) is 0 Å². The quantitative estimate of drug-likeness (QED) is 0.840. The second-order valence-corrected chi connectivity index (χ2v) is 8.17. The summed E-state index contributed by atoms with van der Waals surface area (Å²) in [5.74, 6) is 0.598. The lowest BCUT2D eigenvalue weighted by atomic mass is 9.73. The van der Waals surface area contributed by atoms with Crippen LogP contribution in [-0.2, 0) is 16.8 Å². The minimum atomic E-state index is 0.235. The highest BCUT2D eigenvalue weighted by atomic mass is 16.3. The fraction of sp³-hybridized carbons (Fsp3) is 0.500. The van der Waals surface area contributed by atoms with E-state index in [2.05, 4.69) is 35.2 Å². The molecule has 2 aliphatic rings. The second-order valence-electron chi connectivity index (χ2n) is 8.17. The zero-order valence-electron chi connectivity index (χ0n) is 15.8. The summed E-state index contributed by atoms with van der Waals surface area (Å²) in [7, 11) is 3.71. The number of hydrogen-bond acceptors (Lipinski definition) is 3. The molecule has 1 amide bonds. The number of hydrogen-bond donors (Lipinski definition) is 0. The first kappa shape index (κ1) is 17.3. The summed E-state index contributed by atoms with van der Waals surface area (Å²) in [6.45, 7) is 3.18. The van der Waals surface area contributed by atoms with E-state index in [-0.39, 0.29) is 11.3 Å². The molecule has 0 saturated carbocycles. The van der Waals surface area contributed by atoms with E-state index in [9.17, 15) is 4.79 Å². The van der Waals surface area contributed by atoms with Crippen LogP contribution in [0.1, 0.15) is 48.3 Å². The molecule has 1 aromatic heterocycles. The molecule has 1 unspecified atom stereocenters. The summed E-state index contributed by atoms with van der Waals surface area (Å²) in [6, 6.07) is 10.9. The summed E-state index contributed by atoms with van der Waals surface area (Å²) in [5.41, 5.74) is 4.41. The Morgan fingerprint density at radius 3 is 2.69 bits per heavy atom. The molecule has 4 heteroatoms. The van der Waals surface area contributed by atoms with Gasteiger partial charge in [0.15, 0.2) is 0 Å². The van der Waals surface area contributed by atoms with Crippen molar-refractivity contribution in [3.8, 4) is 0 Å². The van der Waals surface area contributed by atoms with Gasteiger partial charge < -0.3 is 9.32 Å². The van der Waals surface area contributed by atoms with Crippen LogP contribution in [0.15, 0.2) is 47.3 Å². The smallest absolute Gasteiger partial charge is 0.222 e. The number of rotatable bonds is 4. The molecule has 138 valence electrons. The van der Waals surface area contributed by atoms with Crippen LogP contribution in [0.25, 0.3) is 0 Å². The number of fused-ring (bicyclic) bond motifs is 2. The third-order valence-electron chi connectivity index (χ3n) is 6.33. The van der Waals surface area contributed by atoms with E-state index in [0.29, 0.717) is 12.3 Å². The summed E-state index contributed by atoms with van der Waals surface area (Å²) >= 11 is 0. The van der Waals surface area contributed by atoms with Gasteiger partial charge in [-0.1, -0.05) is 24.3 Å². The predicted octanol–water partition coefficient (Wildman–Crippen LogP) is 3.78. The molecule has 1 fully saturated rings. The predicted molar refractivity (Wildman–Crippen MR) is 102 cm³/mol. The first-order valence-corrected chi connectivity index (χ1v) is 9.60. The van der Waals surface area contributed by atoms with Crippen molar-refractivity contribution in [1.82, 2.24) is 9.80 Å². The van der Waals surface area contributed by atoms with Gasteiger partial charge in [0, 0.05) is 32.6 Å². The molecule has 1 aliphatic heterocycles. The van der Waals surface area contributed by atoms with Gasteiger partial charge in [-0.2, -0.15) is 0 Å². The van der Waals surface area contributed by atoms with Crippen molar-refractivity contribution in [2.75, 3.05) is 27.2 Å². The van der Waals surface area contributed by atoms with Gasteiger partial charge in [0.1, 0.15) is 0 Å². The number of benzene rings is 1. The van der Waals surface area contributed by atoms with Gasteiger partial charge in [0.05, 0.1) is 12.5 Å². The lowest BCUT2D eigenvalue weighted by molar-refractivity contribution is -0.129. The summed E-state index contributed by atoms with van der Waals surface area (Å²) in [4.78, 5) is 16.6. The van der Waals surface area contributed by atoms with E-state index in [0.717, 1.165) is 26.1 Å². The summed E-state index contributed by atoms with van der Waals surface area (Å²) < 4.78 is 5.20. The van der Waals surface area contributed by atoms with Gasteiger partial charge in [-0.3, -0.25) is 9.69 Å². The zero-order chi connectivity index (χ0) is 18.1. The third kappa shape index (κ3) is 3.18. The Labute approximate surface area is 155 Å². The molecule has 2 heterocycles. The van der Waals surface area contributed by atoms with Crippen LogP contribution in [-0.4, -0.2) is 42.9 Å². The van der Waals surface area contributed by atoms with Gasteiger partial charge in [0.25, 0.3) is 0 Å². The van der Waals surface area contributed by atoms with Gasteiger partial charge in [-0.15, -0.1) is 0 Å². The number of nitrogens with zero attached hydrogens (tertiary/aromatic N) is 2. The first-order chi connectivity index (χ1) is 12.6. The van der Waals surface area contributed by atoms with Crippen molar-refractivity contribution < 1.29 is 9.21 Å². The third-order valence-corrected chi connectivity index (χ3v) is 6.33. The zero-order valence-corrected chi connectivity index (χ0v) is 15.8. The summed E-state index contributed by atoms with van der Waals surface area (Å²) in [5, 5.41) is 0. The highest BCUT2D eigenvalue weighted by molar-refractivity contribution is 5.77. The van der Waals surface area contributed by atoms with Gasteiger partial charge in [-0.05, 0) is 60.9 Å². The van der Waals surface area contributed by atoms with Crippen LogP contribution in [0.3, 0.4) is 0 Å². The Hall–Kier alpha value is -2.07. The SMILES string of the molecule is CN(C)C(=O)CC1CC2(CCN(Cc3ccoc3)CC2)c2ccccc21. The Balaban J connectivity index is 1.49. The van der Waals surface area contributed by atoms with Crippen molar-refractivity contribution in [3.05, 3.63) is 59.5 Å². The Morgan fingerprint density at radius 1 is 1.23 bits per heavy atom. The number of likely N-dealkylation sites (tertiary alicyclic amines) is 1. The largest absolute Gasteiger partial charge is 0.472 e. The lowest BCUT2D eigenvalue weighted by Crippen LogP contribution is -2.41. The molecule has 1 saturated heterocycles. The second kappa shape index (κ2) is 6.92. The van der Waals surface area contributed by atoms with Crippen LogP contribution in [0.4, 0.5) is 0 Å². The average molecular weight is 352 g/mol. The molecule has 0 bridgehead atoms. The van der Waals surface area contributed by atoms with E-state index in [1.165, 1.54) is 29.5 Å². The van der Waals surface area contributed by atoms with Crippen molar-refractivity contribution in [2.24, 2.45) is 0 Å². The molecule has 1 aliphatic carbocycles. The molecule has 1 aromatic carbocycles. The van der Waals surface area contributed by atoms with Crippen molar-refractivity contribution in [1.29, 1.82) is 0 Å². The van der Waals surface area contributed by atoms with E-state index in [4.69, 9.17) is 4.42 Å². The molecule has 2 aromatic rings. The maximum atomic E-state index is 12.3. The summed E-state index contributed by atoms with van der Waals surface area (Å²) in [6.07, 6.45) is 7.69. The van der Waals surface area contributed by atoms with Crippen LogP contribution < -0.4 is 0 Å². The normalized spacial score (nSPS) is 21.7. The van der Waals surface area contributed by atoms with Crippen LogP contribution >= 0.6 is 0 Å². The van der Waals surface area contributed by atoms with Crippen molar-refractivity contribution in [3.63, 3.8) is 0 Å². The van der Waals surface area contributed by atoms with E-state index in [1.807, 2.05) is 20.4 Å². The van der Waals surface area contributed by atoms with Gasteiger partial charge in [-0.25, -0.2) is 0 Å². The Morgan fingerprint density at radius 2 is 2.00 bits per heavy atom. The minimum absolute atomic E-state index is 0.235. The molecular weight excluding hydrogens is 324 g/mol. The fourth-order valence-electron chi connectivity index (χ4n) is 4.86. The van der Waals surface area contributed by atoms with E-state index in [1.54, 1.807) is 11.2 Å². The topological polar surface area (TPSA) is 36.7 Å². The maximum Gasteiger partial charge on any atom is 0.222 e. The molecule has 1 atom stereocenters. The molecule has 26 heavy (non-hydrogen) atoms. The van der Waals surface area contributed by atoms with Crippen molar-refractivity contribution in [2.45, 2.75) is 43.6 Å². The van der Waals surface area contributed by atoms with E-state index < -0.39 is 0 Å². The molecule has 1 spiro atoms.